The van der Waals surface area contributed by atoms with Crippen molar-refractivity contribution in [2.75, 3.05) is 0 Å². The first-order valence-corrected chi connectivity index (χ1v) is 1.20. The van der Waals surface area contributed by atoms with Gasteiger partial charge in [-0.15, -0.1) is 24.0 Å². The summed E-state index contributed by atoms with van der Waals surface area (Å²) in [5, 5.41) is 0. The number of carbonyl (C=O) groups excluding carboxylic acids is 1. The summed E-state index contributed by atoms with van der Waals surface area (Å²) in [5.74, 6) is 0.167. The highest BCUT2D eigenvalue weighted by molar-refractivity contribution is 14.0. The van der Waals surface area contributed by atoms with E-state index in [2.05, 4.69) is 0 Å². The molecule has 0 amide bonds. The van der Waals surface area contributed by atoms with Crippen LogP contribution in [-0.4, -0.2) is 23.1 Å². The smallest absolute Gasteiger partial charge is 0.187 e. The molecule has 3 heteroatoms. The minimum Gasteiger partial charge on any atom is -0.300 e. The lowest BCUT2D eigenvalue weighted by molar-refractivity contribution is -0.114. The number of rotatable bonds is 0. The van der Waals surface area contributed by atoms with Gasteiger partial charge in [0.05, 0.1) is 0 Å². The van der Waals surface area contributed by atoms with Crippen LogP contribution in [0.25, 0.3) is 0 Å². The lowest BCUT2D eigenvalue weighted by Gasteiger charge is -1.56. The van der Waals surface area contributed by atoms with Crippen molar-refractivity contribution < 1.29 is 4.79 Å². The third kappa shape index (κ3) is 87.7. The molecule has 0 aliphatic heterocycles. The molecular weight excluding hydrogens is 206 g/mol. The van der Waals surface area contributed by atoms with Gasteiger partial charge in [0.2, 0.25) is 0 Å². The van der Waals surface area contributed by atoms with Gasteiger partial charge in [0.15, 0.2) is 17.4 Å². The maximum absolute atomic E-state index is 9.44. The average Bonchev–Trinajstić information content (AvgIpc) is 0.811. The van der Waals surface area contributed by atoms with Crippen LogP contribution in [0.15, 0.2) is 0 Å². The number of hydrogen-bond acceptors (Lipinski definition) is 1. The second-order valence-electron chi connectivity index (χ2n) is 0.908. The van der Waals surface area contributed by atoms with Crippen LogP contribution in [0, 0.1) is 0 Å². The van der Waals surface area contributed by atoms with Gasteiger partial charge in [0, 0.05) is 0 Å². The Morgan fingerprint density at radius 2 is 1.33 bits per heavy atom. The van der Waals surface area contributed by atoms with Gasteiger partial charge in [-0.2, -0.15) is 0 Å². The molecular formula is C3H10AlIO. The summed E-state index contributed by atoms with van der Waals surface area (Å²) < 4.78 is 0. The van der Waals surface area contributed by atoms with E-state index in [9.17, 15) is 4.79 Å². The van der Waals surface area contributed by atoms with E-state index in [0.717, 1.165) is 0 Å². The third-order valence-electron chi connectivity index (χ3n) is 0. The van der Waals surface area contributed by atoms with Crippen LogP contribution in [0.1, 0.15) is 13.8 Å². The zero-order chi connectivity index (χ0) is 3.58. The lowest BCUT2D eigenvalue weighted by atomic mass is 10.6. The molecule has 6 heavy (non-hydrogen) atoms. The molecule has 0 spiro atoms. The molecule has 1 nitrogen and oxygen atoms in total. The maximum Gasteiger partial charge on any atom is 0.187 e. The van der Waals surface area contributed by atoms with Crippen LogP contribution in [0.5, 0.6) is 0 Å². The van der Waals surface area contributed by atoms with Gasteiger partial charge in [-0.1, -0.05) is 0 Å². The van der Waals surface area contributed by atoms with Crippen LogP contribution in [-0.2, 0) is 4.79 Å². The highest BCUT2D eigenvalue weighted by Gasteiger charge is 1.62. The van der Waals surface area contributed by atoms with Crippen molar-refractivity contribution in [1.82, 2.24) is 0 Å². The molecule has 38 valence electrons. The largest absolute Gasteiger partial charge is 0.300 e. The monoisotopic (exact) mass is 216 g/mol. The van der Waals surface area contributed by atoms with Gasteiger partial charge in [0.25, 0.3) is 0 Å². The summed E-state index contributed by atoms with van der Waals surface area (Å²) in [4.78, 5) is 9.44. The van der Waals surface area contributed by atoms with E-state index in [-0.39, 0.29) is 47.1 Å². The van der Waals surface area contributed by atoms with Crippen LogP contribution in [0.3, 0.4) is 0 Å². The van der Waals surface area contributed by atoms with Crippen LogP contribution < -0.4 is 0 Å². The second kappa shape index (κ2) is 9.33. The van der Waals surface area contributed by atoms with E-state index in [0.29, 0.717) is 0 Å². The van der Waals surface area contributed by atoms with Gasteiger partial charge in [-0.25, -0.2) is 0 Å². The first-order valence-electron chi connectivity index (χ1n) is 1.20. The normalized spacial score (nSPS) is 4.33. The number of carbonyl (C=O) groups is 1. The van der Waals surface area contributed by atoms with Crippen molar-refractivity contribution in [1.29, 1.82) is 0 Å². The van der Waals surface area contributed by atoms with Crippen LogP contribution in [0.2, 0.25) is 0 Å². The summed E-state index contributed by atoms with van der Waals surface area (Å²) >= 11 is 0. The summed E-state index contributed by atoms with van der Waals surface area (Å²) in [6, 6.07) is 0. The van der Waals surface area contributed by atoms with Crippen molar-refractivity contribution in [2.45, 2.75) is 13.8 Å². The molecule has 0 aliphatic carbocycles. The Morgan fingerprint density at radius 1 is 1.33 bits per heavy atom. The molecule has 0 N–H and O–H groups in total. The van der Waals surface area contributed by atoms with Crippen molar-refractivity contribution in [2.24, 2.45) is 0 Å². The van der Waals surface area contributed by atoms with Gasteiger partial charge in [-0.05, 0) is 13.8 Å². The van der Waals surface area contributed by atoms with Gasteiger partial charge in [0.1, 0.15) is 5.78 Å². The maximum atomic E-state index is 9.44. The minimum absolute atomic E-state index is 0. The Kier molecular flexibility index (Phi) is 24.5. The number of ketones is 1. The molecule has 0 aromatic heterocycles. The van der Waals surface area contributed by atoms with E-state index < -0.39 is 0 Å². The number of Topliss-reactive ketones (excluding diaryl/α,β-unsaturated/α-hetero) is 1. The fourth-order valence-corrected chi connectivity index (χ4v) is 0. The van der Waals surface area contributed by atoms with Crippen LogP contribution >= 0.6 is 24.0 Å². The zero-order valence-electron chi connectivity index (χ0n) is 3.32. The van der Waals surface area contributed by atoms with Crippen molar-refractivity contribution in [3.05, 3.63) is 0 Å². The minimum atomic E-state index is 0. The molecule has 0 unspecified atom stereocenters. The van der Waals surface area contributed by atoms with Gasteiger partial charge >= 0.3 is 0 Å². The lowest BCUT2D eigenvalue weighted by Crippen LogP contribution is -1.69. The highest BCUT2D eigenvalue weighted by Crippen LogP contribution is 1.50. The molecule has 0 aromatic rings. The van der Waals surface area contributed by atoms with Gasteiger partial charge < -0.3 is 4.79 Å². The second-order valence-corrected chi connectivity index (χ2v) is 0.908. The SMILES string of the molecule is CC(C)=O.I.[AlH3]. The quantitative estimate of drug-likeness (QED) is 0.412. The topological polar surface area (TPSA) is 17.1 Å². The van der Waals surface area contributed by atoms with E-state index in [1.54, 1.807) is 0 Å². The molecule has 0 bridgehead atoms. The van der Waals surface area contributed by atoms with Crippen molar-refractivity contribution in [3.8, 4) is 0 Å². The first kappa shape index (κ1) is 15.8. The molecule has 0 radical (unpaired) electrons. The average molecular weight is 216 g/mol. The summed E-state index contributed by atoms with van der Waals surface area (Å²) in [5.41, 5.74) is 0. The fraction of sp³-hybridized carbons (Fsp3) is 0.667. The number of halogens is 1. The molecule has 0 saturated heterocycles. The summed E-state index contributed by atoms with van der Waals surface area (Å²) in [7, 11) is 0. The fourth-order valence-electron chi connectivity index (χ4n) is 0. The molecule has 0 fully saturated rings. The molecule has 0 saturated carbocycles. The molecule has 0 aromatic carbocycles. The standard InChI is InChI=1S/C3H6O.Al.HI.3H/c1-3(2)4;;;;;/h1-2H3;;1H;;;. The number of hydrogen-bond donors (Lipinski definition) is 0. The van der Waals surface area contributed by atoms with Crippen LogP contribution in [0.4, 0.5) is 0 Å². The van der Waals surface area contributed by atoms with E-state index in [1.165, 1.54) is 13.8 Å². The van der Waals surface area contributed by atoms with Gasteiger partial charge in [-0.3, -0.25) is 0 Å². The van der Waals surface area contributed by atoms with E-state index >= 15 is 0 Å². The summed E-state index contributed by atoms with van der Waals surface area (Å²) in [6.45, 7) is 3.06. The highest BCUT2D eigenvalue weighted by atomic mass is 127. The Labute approximate surface area is 65.6 Å². The zero-order valence-corrected chi connectivity index (χ0v) is 5.65. The van der Waals surface area contributed by atoms with E-state index in [1.807, 2.05) is 0 Å². The molecule has 0 rings (SSSR count). The summed E-state index contributed by atoms with van der Waals surface area (Å²) in [6.07, 6.45) is 0. The Balaban J connectivity index is -0.0000000450. The van der Waals surface area contributed by atoms with E-state index in [4.69, 9.17) is 0 Å². The third-order valence-corrected chi connectivity index (χ3v) is 0. The molecule has 0 aliphatic rings. The first-order chi connectivity index (χ1) is 1.73. The Bertz CT molecular complexity index is 33.8. The Morgan fingerprint density at radius 3 is 1.33 bits per heavy atom. The molecule has 0 heterocycles. The predicted molar refractivity (Wildman–Crippen MR) is 41.7 cm³/mol. The Hall–Kier alpha value is 0.932. The predicted octanol–water partition coefficient (Wildman–Crippen LogP) is 0.0294. The van der Waals surface area contributed by atoms with Crippen molar-refractivity contribution in [3.63, 3.8) is 0 Å². The molecule has 0 atom stereocenters. The van der Waals surface area contributed by atoms with Crippen molar-refractivity contribution >= 4 is 47.1 Å².